The zero-order valence-electron chi connectivity index (χ0n) is 18.8. The van der Waals surface area contributed by atoms with E-state index in [1.807, 2.05) is 6.92 Å². The Labute approximate surface area is 201 Å². The average Bonchev–Trinajstić information content (AvgIpc) is 3.57. The molecule has 0 bridgehead atoms. The number of aromatic nitrogens is 1. The third-order valence-corrected chi connectivity index (χ3v) is 7.70. The number of amides is 2. The summed E-state index contributed by atoms with van der Waals surface area (Å²) in [5, 5.41) is 1.35. The van der Waals surface area contributed by atoms with Gasteiger partial charge in [-0.05, 0) is 25.0 Å². The van der Waals surface area contributed by atoms with Gasteiger partial charge >= 0.3 is 6.09 Å². The maximum absolute atomic E-state index is 13.3. The molecule has 3 atom stereocenters. The molecule has 13 heteroatoms. The lowest BCUT2D eigenvalue weighted by Crippen LogP contribution is -2.53. The number of ether oxygens (including phenoxy) is 1. The summed E-state index contributed by atoms with van der Waals surface area (Å²) < 4.78 is 36.9. The summed E-state index contributed by atoms with van der Waals surface area (Å²) in [7, 11) is -4.51. The molecule has 0 saturated carbocycles. The van der Waals surface area contributed by atoms with E-state index >= 15 is 0 Å². The summed E-state index contributed by atoms with van der Waals surface area (Å²) in [6.45, 7) is 1.42. The Morgan fingerprint density at radius 2 is 2.11 bits per heavy atom. The van der Waals surface area contributed by atoms with E-state index in [0.29, 0.717) is 6.42 Å². The number of pyridine rings is 1. The Balaban J connectivity index is 1.49. The molecule has 2 amide bonds. The number of rotatable bonds is 7. The third kappa shape index (κ3) is 4.82. The van der Waals surface area contributed by atoms with Crippen molar-refractivity contribution < 1.29 is 36.7 Å². The summed E-state index contributed by atoms with van der Waals surface area (Å²) in [6.07, 6.45) is 5.25. The van der Waals surface area contributed by atoms with Crippen LogP contribution in [0, 0.1) is 0 Å². The minimum atomic E-state index is -4.51. The maximum atomic E-state index is 13.3. The topological polar surface area (TPSA) is 156 Å². The summed E-state index contributed by atoms with van der Waals surface area (Å²) in [5.74, 6) is -0.842. The van der Waals surface area contributed by atoms with Crippen LogP contribution in [0.25, 0.3) is 0 Å². The molecule has 2 saturated heterocycles. The quantitative estimate of drug-likeness (QED) is 0.580. The number of likely N-dealkylation sites (tertiary alicyclic amines) is 1. The highest BCUT2D eigenvalue weighted by atomic mass is 32.2. The summed E-state index contributed by atoms with van der Waals surface area (Å²) in [4.78, 5) is 56.2. The smallest absolute Gasteiger partial charge is 0.413 e. The number of hydrogen-bond donors (Lipinski definition) is 1. The fourth-order valence-electron chi connectivity index (χ4n) is 4.41. The van der Waals surface area contributed by atoms with Crippen LogP contribution in [0.2, 0.25) is 0 Å². The molecular weight excluding hydrogens is 480 g/mol. The maximum Gasteiger partial charge on any atom is 0.413 e. The first-order chi connectivity index (χ1) is 16.7. The molecule has 35 heavy (non-hydrogen) atoms. The molecule has 12 nitrogen and oxygen atoms in total. The molecule has 0 aromatic carbocycles. The lowest BCUT2D eigenvalue weighted by molar-refractivity contribution is -0.138. The van der Waals surface area contributed by atoms with Gasteiger partial charge in [-0.25, -0.2) is 13.2 Å². The number of nitrogens with one attached hydrogen (secondary N) is 1. The van der Waals surface area contributed by atoms with Gasteiger partial charge in [-0.15, -0.1) is 0 Å². The second-order valence-corrected chi connectivity index (χ2v) is 10.0. The largest absolute Gasteiger partial charge is 0.469 e. The Kier molecular flexibility index (Phi) is 6.98. The van der Waals surface area contributed by atoms with Crippen molar-refractivity contribution in [3.63, 3.8) is 0 Å². The Hall–Kier alpha value is -3.58. The van der Waals surface area contributed by atoms with Gasteiger partial charge in [0.2, 0.25) is 5.91 Å². The van der Waals surface area contributed by atoms with Crippen LogP contribution in [-0.4, -0.2) is 76.7 Å². The van der Waals surface area contributed by atoms with Crippen molar-refractivity contribution >= 4 is 32.9 Å². The van der Waals surface area contributed by atoms with Crippen LogP contribution in [-0.2, 0) is 19.6 Å². The van der Waals surface area contributed by atoms with Gasteiger partial charge in [0, 0.05) is 25.0 Å². The van der Waals surface area contributed by atoms with Crippen LogP contribution in [0.1, 0.15) is 36.5 Å². The van der Waals surface area contributed by atoms with Gasteiger partial charge in [0.15, 0.2) is 11.5 Å². The SMILES string of the molecule is CCCC(NC(=O)Oc1ccoc1)C(=O)N1CCC2C1C(=O)CN2S(=O)(=O)C(=O)c1cccnc1. The minimum absolute atomic E-state index is 0.103. The van der Waals surface area contributed by atoms with Crippen molar-refractivity contribution in [2.24, 2.45) is 0 Å². The van der Waals surface area contributed by atoms with E-state index in [1.54, 1.807) is 0 Å². The van der Waals surface area contributed by atoms with E-state index in [9.17, 15) is 27.6 Å². The van der Waals surface area contributed by atoms with E-state index in [4.69, 9.17) is 9.15 Å². The van der Waals surface area contributed by atoms with Gasteiger partial charge in [0.25, 0.3) is 15.1 Å². The molecule has 1 N–H and O–H groups in total. The van der Waals surface area contributed by atoms with Crippen molar-refractivity contribution in [3.05, 3.63) is 48.7 Å². The van der Waals surface area contributed by atoms with Crippen LogP contribution < -0.4 is 10.1 Å². The van der Waals surface area contributed by atoms with Crippen molar-refractivity contribution in [2.75, 3.05) is 13.1 Å². The zero-order valence-corrected chi connectivity index (χ0v) is 19.6. The third-order valence-electron chi connectivity index (χ3n) is 5.97. The van der Waals surface area contributed by atoms with Gasteiger partial charge in [-0.2, -0.15) is 4.31 Å². The number of sulfonamides is 1. The Bertz CT molecular complexity index is 1220. The van der Waals surface area contributed by atoms with Gasteiger partial charge in [0.05, 0.1) is 24.4 Å². The fourth-order valence-corrected chi connectivity index (χ4v) is 5.92. The summed E-state index contributed by atoms with van der Waals surface area (Å²) >= 11 is 0. The lowest BCUT2D eigenvalue weighted by atomic mass is 10.1. The van der Waals surface area contributed by atoms with Crippen molar-refractivity contribution in [1.82, 2.24) is 19.5 Å². The molecule has 2 aromatic rings. The molecule has 2 aromatic heterocycles. The van der Waals surface area contributed by atoms with E-state index in [-0.39, 0.29) is 30.7 Å². The number of nitrogens with zero attached hydrogens (tertiary/aromatic N) is 3. The first-order valence-electron chi connectivity index (χ1n) is 11.0. The van der Waals surface area contributed by atoms with E-state index in [1.165, 1.54) is 41.8 Å². The molecule has 0 aliphatic carbocycles. The number of hydrogen-bond acceptors (Lipinski definition) is 9. The standard InChI is InChI=1S/C22H24N4O8S/c1-2-4-16(24-22(30)34-15-7-10-33-13-15)20(28)25-9-6-17-19(25)18(27)12-26(17)35(31,32)21(29)14-5-3-8-23-11-14/h3,5,7-8,10-11,13,16-17,19H,2,4,6,9,12H2,1H3,(H,24,30). The van der Waals surface area contributed by atoms with E-state index in [2.05, 4.69) is 10.3 Å². The molecule has 4 heterocycles. The molecule has 3 unspecified atom stereocenters. The van der Waals surface area contributed by atoms with E-state index in [0.717, 1.165) is 10.5 Å². The second kappa shape index (κ2) is 9.96. The zero-order chi connectivity index (χ0) is 25.2. The number of carbonyl (C=O) groups excluding carboxylic acids is 4. The van der Waals surface area contributed by atoms with Crippen LogP contribution in [0.15, 0.2) is 47.5 Å². The van der Waals surface area contributed by atoms with Crippen LogP contribution >= 0.6 is 0 Å². The van der Waals surface area contributed by atoms with Gasteiger partial charge in [0.1, 0.15) is 18.3 Å². The molecular formula is C22H24N4O8S. The van der Waals surface area contributed by atoms with Crippen molar-refractivity contribution in [1.29, 1.82) is 0 Å². The minimum Gasteiger partial charge on any atom is -0.469 e. The molecule has 4 rings (SSSR count). The van der Waals surface area contributed by atoms with Crippen LogP contribution in [0.3, 0.4) is 0 Å². The molecule has 2 fully saturated rings. The van der Waals surface area contributed by atoms with Crippen LogP contribution in [0.4, 0.5) is 4.79 Å². The van der Waals surface area contributed by atoms with Crippen molar-refractivity contribution in [2.45, 2.75) is 44.3 Å². The normalized spacial score (nSPS) is 20.9. The highest BCUT2D eigenvalue weighted by Gasteiger charge is 2.55. The fraction of sp³-hybridized carbons (Fsp3) is 0.409. The number of ketones is 1. The lowest BCUT2D eigenvalue weighted by Gasteiger charge is -2.27. The predicted octanol–water partition coefficient (Wildman–Crippen LogP) is 0.956. The van der Waals surface area contributed by atoms with E-state index < -0.39 is 57.6 Å². The van der Waals surface area contributed by atoms with Crippen LogP contribution in [0.5, 0.6) is 5.75 Å². The predicted molar refractivity (Wildman–Crippen MR) is 120 cm³/mol. The molecule has 0 radical (unpaired) electrons. The second-order valence-electron chi connectivity index (χ2n) is 8.21. The first kappa shape index (κ1) is 24.5. The first-order valence-corrected chi connectivity index (χ1v) is 12.5. The number of fused-ring (bicyclic) bond motifs is 1. The average molecular weight is 505 g/mol. The monoisotopic (exact) mass is 504 g/mol. The Morgan fingerprint density at radius 3 is 2.77 bits per heavy atom. The molecule has 2 aliphatic heterocycles. The van der Waals surface area contributed by atoms with Crippen molar-refractivity contribution in [3.8, 4) is 5.75 Å². The van der Waals surface area contributed by atoms with Gasteiger partial charge in [-0.1, -0.05) is 13.3 Å². The van der Waals surface area contributed by atoms with Gasteiger partial charge in [-0.3, -0.25) is 19.4 Å². The summed E-state index contributed by atoms with van der Waals surface area (Å²) in [5.41, 5.74) is -0.113. The highest BCUT2D eigenvalue weighted by Crippen LogP contribution is 2.33. The molecule has 186 valence electrons. The number of furan rings is 1. The van der Waals surface area contributed by atoms with Gasteiger partial charge < -0.3 is 19.4 Å². The Morgan fingerprint density at radius 1 is 1.31 bits per heavy atom. The molecule has 2 aliphatic rings. The number of carbonyl (C=O) groups is 4. The highest BCUT2D eigenvalue weighted by molar-refractivity contribution is 8.04. The summed E-state index contributed by atoms with van der Waals surface area (Å²) in [6, 6.07) is 1.32. The number of Topliss-reactive ketones (excluding diaryl/α,β-unsaturated/α-hetero) is 1. The molecule has 0 spiro atoms.